The minimum atomic E-state index is 0.0571. The fraction of sp³-hybridized carbons (Fsp3) is 0.333. The molecule has 2 rings (SSSR count). The van der Waals surface area contributed by atoms with Crippen LogP contribution in [0.15, 0.2) is 36.8 Å². The summed E-state index contributed by atoms with van der Waals surface area (Å²) < 4.78 is 1.95. The number of hydrazine groups is 1. The maximum absolute atomic E-state index is 5.62. The predicted molar refractivity (Wildman–Crippen MR) is 65.9 cm³/mol. The van der Waals surface area contributed by atoms with E-state index in [2.05, 4.69) is 22.4 Å². The summed E-state index contributed by atoms with van der Waals surface area (Å²) in [5.41, 5.74) is 5.09. The Hall–Kier alpha value is -1.72. The lowest BCUT2D eigenvalue weighted by Gasteiger charge is -2.17. The molecule has 0 aliphatic heterocycles. The first-order valence-electron chi connectivity index (χ1n) is 5.72. The molecule has 1 unspecified atom stereocenters. The first-order chi connectivity index (χ1) is 8.35. The van der Waals surface area contributed by atoms with E-state index in [1.165, 1.54) is 0 Å². The molecule has 0 aliphatic rings. The molecule has 0 fully saturated rings. The van der Waals surface area contributed by atoms with Crippen LogP contribution in [0.25, 0.3) is 0 Å². The van der Waals surface area contributed by atoms with Gasteiger partial charge in [-0.3, -0.25) is 20.9 Å². The van der Waals surface area contributed by atoms with Crippen LogP contribution in [0.5, 0.6) is 0 Å². The highest BCUT2D eigenvalue weighted by Crippen LogP contribution is 2.16. The number of pyridine rings is 1. The third-order valence-electron chi connectivity index (χ3n) is 2.77. The second-order valence-electron chi connectivity index (χ2n) is 3.86. The topological polar surface area (TPSA) is 68.8 Å². The van der Waals surface area contributed by atoms with Crippen LogP contribution in [0.2, 0.25) is 0 Å². The van der Waals surface area contributed by atoms with Crippen molar-refractivity contribution < 1.29 is 0 Å². The van der Waals surface area contributed by atoms with Crippen molar-refractivity contribution >= 4 is 0 Å². The molecule has 0 bridgehead atoms. The van der Waals surface area contributed by atoms with Gasteiger partial charge in [0.15, 0.2) is 0 Å². The van der Waals surface area contributed by atoms with E-state index in [4.69, 9.17) is 5.84 Å². The van der Waals surface area contributed by atoms with Crippen LogP contribution in [0.4, 0.5) is 0 Å². The van der Waals surface area contributed by atoms with E-state index in [0.29, 0.717) is 0 Å². The molecule has 0 saturated heterocycles. The number of nitrogens with two attached hydrogens (primary N) is 1. The Morgan fingerprint density at radius 1 is 1.41 bits per heavy atom. The fourth-order valence-electron chi connectivity index (χ4n) is 1.91. The largest absolute Gasteiger partial charge is 0.271 e. The lowest BCUT2D eigenvalue weighted by atomic mass is 10.1. The second-order valence-corrected chi connectivity index (χ2v) is 3.86. The third kappa shape index (κ3) is 2.69. The van der Waals surface area contributed by atoms with Crippen LogP contribution in [0.3, 0.4) is 0 Å². The van der Waals surface area contributed by atoms with E-state index in [-0.39, 0.29) is 6.04 Å². The summed E-state index contributed by atoms with van der Waals surface area (Å²) >= 11 is 0. The summed E-state index contributed by atoms with van der Waals surface area (Å²) in [6.07, 6.45) is 6.23. The average Bonchev–Trinajstić information content (AvgIpc) is 2.85. The van der Waals surface area contributed by atoms with E-state index >= 15 is 0 Å². The molecule has 5 nitrogen and oxygen atoms in total. The average molecular weight is 231 g/mol. The second kappa shape index (κ2) is 5.56. The Morgan fingerprint density at radius 2 is 2.29 bits per heavy atom. The number of aromatic nitrogens is 3. The molecule has 0 spiro atoms. The molecule has 2 heterocycles. The molecule has 5 heteroatoms. The molecular weight excluding hydrogens is 214 g/mol. The zero-order valence-electron chi connectivity index (χ0n) is 9.87. The van der Waals surface area contributed by atoms with E-state index in [1.807, 2.05) is 29.1 Å². The minimum absolute atomic E-state index is 0.0571. The van der Waals surface area contributed by atoms with Crippen LogP contribution >= 0.6 is 0 Å². The van der Waals surface area contributed by atoms with Crippen molar-refractivity contribution in [2.24, 2.45) is 5.84 Å². The van der Waals surface area contributed by atoms with Gasteiger partial charge in [0.2, 0.25) is 0 Å². The predicted octanol–water partition coefficient (Wildman–Crippen LogP) is 1.05. The van der Waals surface area contributed by atoms with E-state index in [1.54, 1.807) is 12.4 Å². The van der Waals surface area contributed by atoms with Crippen LogP contribution in [0, 0.1) is 0 Å². The molecular formula is C12H17N5. The smallest absolute Gasteiger partial charge is 0.0669 e. The van der Waals surface area contributed by atoms with Gasteiger partial charge in [0, 0.05) is 25.1 Å². The van der Waals surface area contributed by atoms with E-state index in [9.17, 15) is 0 Å². The lowest BCUT2D eigenvalue weighted by Crippen LogP contribution is -2.31. The number of hydrogen-bond donors (Lipinski definition) is 2. The third-order valence-corrected chi connectivity index (χ3v) is 2.77. The molecule has 2 aromatic rings. The van der Waals surface area contributed by atoms with Crippen molar-refractivity contribution in [1.82, 2.24) is 20.2 Å². The number of nitrogens with one attached hydrogen (secondary N) is 1. The van der Waals surface area contributed by atoms with Gasteiger partial charge in [-0.25, -0.2) is 0 Å². The molecule has 0 amide bonds. The molecule has 0 saturated carbocycles. The Morgan fingerprint density at radius 3 is 2.94 bits per heavy atom. The molecule has 1 atom stereocenters. The van der Waals surface area contributed by atoms with Crippen molar-refractivity contribution in [1.29, 1.82) is 0 Å². The fourth-order valence-corrected chi connectivity index (χ4v) is 1.91. The van der Waals surface area contributed by atoms with Gasteiger partial charge in [0.05, 0.1) is 11.7 Å². The molecule has 2 aromatic heterocycles. The van der Waals surface area contributed by atoms with Gasteiger partial charge in [0.1, 0.15) is 0 Å². The number of rotatable bonds is 5. The van der Waals surface area contributed by atoms with Gasteiger partial charge in [-0.1, -0.05) is 6.07 Å². The maximum atomic E-state index is 5.62. The van der Waals surface area contributed by atoms with Crippen LogP contribution in [-0.2, 0) is 13.0 Å². The normalized spacial score (nSPS) is 12.6. The number of nitrogens with zero attached hydrogens (tertiary/aromatic N) is 3. The Balaban J connectivity index is 2.17. The number of aryl methyl sites for hydroxylation is 1. The molecule has 0 aliphatic carbocycles. The molecule has 0 aromatic carbocycles. The van der Waals surface area contributed by atoms with Gasteiger partial charge in [0.25, 0.3) is 0 Å². The highest BCUT2D eigenvalue weighted by molar-refractivity contribution is 5.15. The van der Waals surface area contributed by atoms with Crippen molar-refractivity contribution in [2.75, 3.05) is 0 Å². The highest BCUT2D eigenvalue weighted by Gasteiger charge is 2.14. The lowest BCUT2D eigenvalue weighted by molar-refractivity contribution is 0.490. The van der Waals surface area contributed by atoms with Crippen LogP contribution in [-0.4, -0.2) is 14.8 Å². The summed E-state index contributed by atoms with van der Waals surface area (Å²) in [6.45, 7) is 2.90. The van der Waals surface area contributed by atoms with Crippen molar-refractivity contribution in [3.05, 3.63) is 48.0 Å². The Bertz CT molecular complexity index is 451. The van der Waals surface area contributed by atoms with Crippen molar-refractivity contribution in [3.8, 4) is 0 Å². The molecule has 90 valence electrons. The van der Waals surface area contributed by atoms with E-state index < -0.39 is 0 Å². The quantitative estimate of drug-likeness (QED) is 0.596. The van der Waals surface area contributed by atoms with Gasteiger partial charge >= 0.3 is 0 Å². The zero-order chi connectivity index (χ0) is 12.1. The first-order valence-corrected chi connectivity index (χ1v) is 5.72. The standard InChI is InChI=1S/C12H17N5/c1-2-17-12(5-7-15-17)11(16-13)8-10-4-3-6-14-9-10/h3-7,9,11,16H,2,8,13H2,1H3. The summed E-state index contributed by atoms with van der Waals surface area (Å²) in [6, 6.07) is 6.02. The van der Waals surface area contributed by atoms with Gasteiger partial charge in [-0.2, -0.15) is 5.10 Å². The van der Waals surface area contributed by atoms with Crippen LogP contribution in [0.1, 0.15) is 24.2 Å². The maximum Gasteiger partial charge on any atom is 0.0669 e. The van der Waals surface area contributed by atoms with Crippen molar-refractivity contribution in [3.63, 3.8) is 0 Å². The Kier molecular flexibility index (Phi) is 3.85. The molecule has 3 N–H and O–H groups in total. The van der Waals surface area contributed by atoms with Crippen LogP contribution < -0.4 is 11.3 Å². The first kappa shape index (κ1) is 11.8. The van der Waals surface area contributed by atoms with Gasteiger partial charge < -0.3 is 0 Å². The Labute approximate surface area is 101 Å². The minimum Gasteiger partial charge on any atom is -0.271 e. The summed E-state index contributed by atoms with van der Waals surface area (Å²) in [5.74, 6) is 5.62. The highest BCUT2D eigenvalue weighted by atomic mass is 15.3. The molecule has 0 radical (unpaired) electrons. The summed E-state index contributed by atoms with van der Waals surface area (Å²) in [7, 11) is 0. The molecule has 17 heavy (non-hydrogen) atoms. The monoisotopic (exact) mass is 231 g/mol. The van der Waals surface area contributed by atoms with E-state index in [0.717, 1.165) is 24.2 Å². The van der Waals surface area contributed by atoms with Gasteiger partial charge in [-0.15, -0.1) is 0 Å². The SMILES string of the molecule is CCn1nccc1C(Cc1cccnc1)NN. The zero-order valence-corrected chi connectivity index (χ0v) is 9.87. The summed E-state index contributed by atoms with van der Waals surface area (Å²) in [4.78, 5) is 4.10. The number of hydrogen-bond acceptors (Lipinski definition) is 4. The summed E-state index contributed by atoms with van der Waals surface area (Å²) in [5, 5.41) is 4.25. The van der Waals surface area contributed by atoms with Crippen molar-refractivity contribution in [2.45, 2.75) is 25.9 Å². The van der Waals surface area contributed by atoms with Gasteiger partial charge in [-0.05, 0) is 31.0 Å².